The van der Waals surface area contributed by atoms with Crippen LogP contribution in [-0.2, 0) is 11.2 Å². The molecule has 1 aromatic carbocycles. The summed E-state index contributed by atoms with van der Waals surface area (Å²) in [6.45, 7) is 2.49. The van der Waals surface area contributed by atoms with Crippen molar-refractivity contribution in [1.29, 1.82) is 0 Å². The van der Waals surface area contributed by atoms with Gasteiger partial charge >= 0.3 is 0 Å². The average molecular weight is 291 g/mol. The smallest absolute Gasteiger partial charge is 0.151 e. The lowest BCUT2D eigenvalue weighted by atomic mass is 10.1. The van der Waals surface area contributed by atoms with E-state index in [1.165, 1.54) is 17.0 Å². The molecule has 1 atom stereocenters. The van der Waals surface area contributed by atoms with Crippen molar-refractivity contribution in [3.05, 3.63) is 58.0 Å². The number of nitrogens with zero attached hydrogens (tertiary/aromatic N) is 1. The van der Waals surface area contributed by atoms with E-state index < -0.39 is 0 Å². The number of rotatable bonds is 6. The van der Waals surface area contributed by atoms with Gasteiger partial charge in [-0.1, -0.05) is 18.2 Å². The summed E-state index contributed by atoms with van der Waals surface area (Å²) in [5, 5.41) is 2.04. The monoisotopic (exact) mass is 291 g/mol. The standard InChI is InChI=1S/C16H18FNOS/c1-12(16-4-3-9-20-16)18(2)11-15(19)10-13-5-7-14(17)8-6-13/h3-9,12H,10-11H2,1-2H3. The molecule has 0 aliphatic carbocycles. The number of Topliss-reactive ketones (excluding diaryl/α,β-unsaturated/α-hetero) is 1. The van der Waals surface area contributed by atoms with Gasteiger partial charge in [-0.15, -0.1) is 11.3 Å². The summed E-state index contributed by atoms with van der Waals surface area (Å²) < 4.78 is 12.8. The molecule has 2 nitrogen and oxygen atoms in total. The normalized spacial score (nSPS) is 12.6. The molecule has 0 spiro atoms. The van der Waals surface area contributed by atoms with Crippen LogP contribution in [0.25, 0.3) is 0 Å². The van der Waals surface area contributed by atoms with Gasteiger partial charge in [-0.3, -0.25) is 9.69 Å². The van der Waals surface area contributed by atoms with Crippen LogP contribution >= 0.6 is 11.3 Å². The minimum absolute atomic E-state index is 0.141. The number of ketones is 1. The van der Waals surface area contributed by atoms with Crippen molar-refractivity contribution >= 4 is 17.1 Å². The van der Waals surface area contributed by atoms with Crippen molar-refractivity contribution in [3.8, 4) is 0 Å². The molecule has 0 saturated heterocycles. The minimum Gasteiger partial charge on any atom is -0.298 e. The van der Waals surface area contributed by atoms with E-state index in [9.17, 15) is 9.18 Å². The fourth-order valence-corrected chi connectivity index (χ4v) is 2.90. The summed E-state index contributed by atoms with van der Waals surface area (Å²) in [7, 11) is 1.95. The van der Waals surface area contributed by atoms with Crippen molar-refractivity contribution in [2.45, 2.75) is 19.4 Å². The van der Waals surface area contributed by atoms with Gasteiger partial charge in [0.05, 0.1) is 6.54 Å². The average Bonchev–Trinajstić information content (AvgIpc) is 2.94. The Morgan fingerprint density at radius 2 is 2.00 bits per heavy atom. The highest BCUT2D eigenvalue weighted by molar-refractivity contribution is 7.10. The summed E-state index contributed by atoms with van der Waals surface area (Å²) in [5.41, 5.74) is 0.855. The number of thiophene rings is 1. The second kappa shape index (κ2) is 6.77. The lowest BCUT2D eigenvalue weighted by Crippen LogP contribution is -2.29. The molecule has 1 heterocycles. The molecular formula is C16H18FNOS. The van der Waals surface area contributed by atoms with Crippen molar-refractivity contribution in [1.82, 2.24) is 4.90 Å². The Labute approximate surface area is 122 Å². The highest BCUT2D eigenvalue weighted by Gasteiger charge is 2.15. The van der Waals surface area contributed by atoms with E-state index in [1.54, 1.807) is 23.5 Å². The summed E-state index contributed by atoms with van der Waals surface area (Å²) in [6, 6.07) is 10.4. The third kappa shape index (κ3) is 3.99. The first kappa shape index (κ1) is 14.9. The van der Waals surface area contributed by atoms with Gasteiger partial charge in [-0.2, -0.15) is 0 Å². The van der Waals surface area contributed by atoms with Crippen molar-refractivity contribution < 1.29 is 9.18 Å². The number of carbonyl (C=O) groups excluding carboxylic acids is 1. The first-order chi connectivity index (χ1) is 9.56. The second-order valence-electron chi connectivity index (χ2n) is 4.95. The Morgan fingerprint density at radius 1 is 1.30 bits per heavy atom. The molecule has 2 rings (SSSR count). The molecule has 1 unspecified atom stereocenters. The van der Waals surface area contributed by atoms with E-state index in [-0.39, 0.29) is 17.6 Å². The Bertz CT molecular complexity index is 550. The summed E-state index contributed by atoms with van der Waals surface area (Å²) in [6.07, 6.45) is 0.349. The molecule has 0 N–H and O–H groups in total. The zero-order valence-electron chi connectivity index (χ0n) is 11.7. The van der Waals surface area contributed by atoms with E-state index in [0.29, 0.717) is 13.0 Å². The van der Waals surface area contributed by atoms with Crippen molar-refractivity contribution in [2.75, 3.05) is 13.6 Å². The topological polar surface area (TPSA) is 20.3 Å². The van der Waals surface area contributed by atoms with Crippen LogP contribution in [0.3, 0.4) is 0 Å². The maximum Gasteiger partial charge on any atom is 0.151 e. The van der Waals surface area contributed by atoms with Crippen LogP contribution < -0.4 is 0 Å². The summed E-state index contributed by atoms with van der Waals surface area (Å²) in [5.74, 6) is -0.132. The molecule has 0 aliphatic heterocycles. The van der Waals surface area contributed by atoms with E-state index in [1.807, 2.05) is 23.4 Å². The third-order valence-corrected chi connectivity index (χ3v) is 4.40. The summed E-state index contributed by atoms with van der Waals surface area (Å²) >= 11 is 1.70. The van der Waals surface area contributed by atoms with Gasteiger partial charge in [-0.25, -0.2) is 4.39 Å². The van der Waals surface area contributed by atoms with Gasteiger partial charge in [0.2, 0.25) is 0 Å². The third-order valence-electron chi connectivity index (χ3n) is 3.36. The van der Waals surface area contributed by atoms with E-state index in [2.05, 4.69) is 13.0 Å². The Hall–Kier alpha value is -1.52. The van der Waals surface area contributed by atoms with E-state index in [4.69, 9.17) is 0 Å². The van der Waals surface area contributed by atoms with Gasteiger partial charge in [0.25, 0.3) is 0 Å². The fraction of sp³-hybridized carbons (Fsp3) is 0.312. The summed E-state index contributed by atoms with van der Waals surface area (Å²) in [4.78, 5) is 15.3. The zero-order valence-corrected chi connectivity index (χ0v) is 12.5. The van der Waals surface area contributed by atoms with Crippen LogP contribution in [0.5, 0.6) is 0 Å². The molecule has 0 aliphatic rings. The molecule has 0 saturated carbocycles. The highest BCUT2D eigenvalue weighted by Crippen LogP contribution is 2.23. The zero-order chi connectivity index (χ0) is 14.5. The SMILES string of the molecule is CC(c1cccs1)N(C)CC(=O)Cc1ccc(F)cc1. The van der Waals surface area contributed by atoms with Gasteiger partial charge < -0.3 is 0 Å². The maximum atomic E-state index is 12.8. The van der Waals surface area contributed by atoms with Crippen LogP contribution in [0.4, 0.5) is 4.39 Å². The molecule has 0 bridgehead atoms. The quantitative estimate of drug-likeness (QED) is 0.809. The van der Waals surface area contributed by atoms with Crippen molar-refractivity contribution in [2.24, 2.45) is 0 Å². The number of hydrogen-bond acceptors (Lipinski definition) is 3. The Kier molecular flexibility index (Phi) is 5.04. The fourth-order valence-electron chi connectivity index (χ4n) is 2.05. The van der Waals surface area contributed by atoms with Crippen LogP contribution in [0.15, 0.2) is 41.8 Å². The van der Waals surface area contributed by atoms with E-state index in [0.717, 1.165) is 5.56 Å². The van der Waals surface area contributed by atoms with Crippen LogP contribution in [-0.4, -0.2) is 24.3 Å². The number of carbonyl (C=O) groups is 1. The second-order valence-corrected chi connectivity index (χ2v) is 5.93. The lowest BCUT2D eigenvalue weighted by Gasteiger charge is -2.22. The maximum absolute atomic E-state index is 12.8. The van der Waals surface area contributed by atoms with Gasteiger partial charge in [0, 0.05) is 17.3 Å². The molecule has 20 heavy (non-hydrogen) atoms. The number of halogens is 1. The molecule has 0 radical (unpaired) electrons. The van der Waals surface area contributed by atoms with Crippen LogP contribution in [0.2, 0.25) is 0 Å². The molecule has 4 heteroatoms. The number of benzene rings is 1. The van der Waals surface area contributed by atoms with Gasteiger partial charge in [-0.05, 0) is 43.1 Å². The van der Waals surface area contributed by atoms with Crippen LogP contribution in [0.1, 0.15) is 23.4 Å². The predicted molar refractivity (Wildman–Crippen MR) is 80.5 cm³/mol. The molecule has 1 aromatic heterocycles. The first-order valence-corrected chi connectivity index (χ1v) is 7.44. The molecule has 0 fully saturated rings. The van der Waals surface area contributed by atoms with E-state index >= 15 is 0 Å². The van der Waals surface area contributed by atoms with Gasteiger partial charge in [0.1, 0.15) is 5.82 Å². The number of hydrogen-bond donors (Lipinski definition) is 0. The highest BCUT2D eigenvalue weighted by atomic mass is 32.1. The number of likely N-dealkylation sites (N-methyl/N-ethyl adjacent to an activating group) is 1. The first-order valence-electron chi connectivity index (χ1n) is 6.56. The molecular weight excluding hydrogens is 273 g/mol. The lowest BCUT2D eigenvalue weighted by molar-refractivity contribution is -0.119. The van der Waals surface area contributed by atoms with Gasteiger partial charge in [0.15, 0.2) is 5.78 Å². The van der Waals surface area contributed by atoms with Crippen LogP contribution in [0, 0.1) is 5.82 Å². The Morgan fingerprint density at radius 3 is 2.60 bits per heavy atom. The molecule has 106 valence electrons. The molecule has 2 aromatic rings. The predicted octanol–water partition coefficient (Wildman–Crippen LogP) is 3.69. The Balaban J connectivity index is 1.89. The molecule has 0 amide bonds. The minimum atomic E-state index is -0.273. The largest absolute Gasteiger partial charge is 0.298 e. The van der Waals surface area contributed by atoms with Crippen molar-refractivity contribution in [3.63, 3.8) is 0 Å².